The van der Waals surface area contributed by atoms with Crippen molar-refractivity contribution in [1.82, 2.24) is 15.1 Å². The van der Waals surface area contributed by atoms with Crippen molar-refractivity contribution in [1.29, 1.82) is 0 Å². The van der Waals surface area contributed by atoms with Crippen molar-refractivity contribution in [2.45, 2.75) is 6.17 Å². The molecule has 2 N–H and O–H groups in total. The van der Waals surface area contributed by atoms with Crippen LogP contribution in [0.3, 0.4) is 0 Å². The zero-order chi connectivity index (χ0) is 19.3. The number of para-hydroxylation sites is 1. The van der Waals surface area contributed by atoms with E-state index in [4.69, 9.17) is 0 Å². The van der Waals surface area contributed by atoms with Gasteiger partial charge in [0.05, 0.1) is 17.4 Å². The van der Waals surface area contributed by atoms with Crippen LogP contribution in [0.5, 0.6) is 0 Å². The average molecular weight is 373 g/mol. The molecule has 1 aromatic heterocycles. The Bertz CT molecular complexity index is 1110. The third-order valence-corrected chi connectivity index (χ3v) is 4.97. The zero-order valence-electron chi connectivity index (χ0n) is 14.6. The van der Waals surface area contributed by atoms with Gasteiger partial charge in [0.15, 0.2) is 0 Å². The molecule has 8 nitrogen and oxygen atoms in total. The number of rotatable bonds is 3. The summed E-state index contributed by atoms with van der Waals surface area (Å²) in [5.74, 6) is -0.413. The molecule has 138 valence electrons. The summed E-state index contributed by atoms with van der Waals surface area (Å²) in [6.45, 7) is -0.199. The SMILES string of the molecule is O=C(CN1C(=O)c2ccccc2N2C(=O)c3ccccc3C12)Nc1ccn[nH]1. The number of carbonyl (C=O) groups excluding carboxylic acids is 3. The van der Waals surface area contributed by atoms with Crippen LogP contribution < -0.4 is 10.2 Å². The summed E-state index contributed by atoms with van der Waals surface area (Å²) in [6.07, 6.45) is 0.865. The molecule has 0 radical (unpaired) electrons. The van der Waals surface area contributed by atoms with Crippen LogP contribution in [0.15, 0.2) is 60.8 Å². The lowest BCUT2D eigenvalue weighted by molar-refractivity contribution is -0.117. The molecule has 0 bridgehead atoms. The van der Waals surface area contributed by atoms with Crippen molar-refractivity contribution < 1.29 is 14.4 Å². The number of nitrogens with one attached hydrogen (secondary N) is 2. The van der Waals surface area contributed by atoms with Gasteiger partial charge in [0.2, 0.25) is 5.91 Å². The Balaban J connectivity index is 1.57. The molecule has 0 saturated heterocycles. The number of fused-ring (bicyclic) bond motifs is 5. The molecule has 1 unspecified atom stereocenters. The van der Waals surface area contributed by atoms with Gasteiger partial charge < -0.3 is 10.2 Å². The molecular formula is C20H15N5O3. The van der Waals surface area contributed by atoms with Crippen molar-refractivity contribution in [3.8, 4) is 0 Å². The van der Waals surface area contributed by atoms with Gasteiger partial charge in [0, 0.05) is 17.2 Å². The number of aromatic nitrogens is 2. The van der Waals surface area contributed by atoms with Gasteiger partial charge in [0.25, 0.3) is 11.8 Å². The molecule has 2 aromatic carbocycles. The first-order chi connectivity index (χ1) is 13.6. The first-order valence-electron chi connectivity index (χ1n) is 8.77. The predicted molar refractivity (Wildman–Crippen MR) is 101 cm³/mol. The topological polar surface area (TPSA) is 98.4 Å². The summed E-state index contributed by atoms with van der Waals surface area (Å²) in [7, 11) is 0. The van der Waals surface area contributed by atoms with E-state index in [9.17, 15) is 14.4 Å². The molecule has 0 spiro atoms. The highest BCUT2D eigenvalue weighted by Crippen LogP contribution is 2.44. The van der Waals surface area contributed by atoms with Crippen molar-refractivity contribution in [2.75, 3.05) is 16.8 Å². The summed E-state index contributed by atoms with van der Waals surface area (Å²) in [4.78, 5) is 41.8. The maximum Gasteiger partial charge on any atom is 0.260 e. The number of nitrogens with zero attached hydrogens (tertiary/aromatic N) is 3. The number of amides is 3. The highest BCUT2D eigenvalue weighted by Gasteiger charge is 2.48. The highest BCUT2D eigenvalue weighted by atomic mass is 16.2. The quantitative estimate of drug-likeness (QED) is 0.735. The maximum atomic E-state index is 13.2. The number of benzene rings is 2. The average Bonchev–Trinajstić information content (AvgIpc) is 3.32. The van der Waals surface area contributed by atoms with Crippen molar-refractivity contribution in [2.24, 2.45) is 0 Å². The fourth-order valence-electron chi connectivity index (χ4n) is 3.80. The van der Waals surface area contributed by atoms with Crippen molar-refractivity contribution in [3.63, 3.8) is 0 Å². The summed E-state index contributed by atoms with van der Waals surface area (Å²) in [5.41, 5.74) is 2.21. The van der Waals surface area contributed by atoms with E-state index in [2.05, 4.69) is 15.5 Å². The van der Waals surface area contributed by atoms with E-state index in [1.807, 2.05) is 12.1 Å². The Kier molecular flexibility index (Phi) is 3.51. The summed E-state index contributed by atoms with van der Waals surface area (Å²) in [6, 6.07) is 15.8. The molecule has 2 aliphatic rings. The van der Waals surface area contributed by atoms with E-state index in [0.717, 1.165) is 0 Å². The van der Waals surface area contributed by atoms with Gasteiger partial charge in [-0.2, -0.15) is 5.10 Å². The molecule has 0 aliphatic carbocycles. The van der Waals surface area contributed by atoms with Gasteiger partial charge in [-0.15, -0.1) is 0 Å². The molecule has 8 heteroatoms. The smallest absolute Gasteiger partial charge is 0.260 e. The summed E-state index contributed by atoms with van der Waals surface area (Å²) < 4.78 is 0. The minimum atomic E-state index is -0.654. The lowest BCUT2D eigenvalue weighted by Crippen LogP contribution is -2.50. The van der Waals surface area contributed by atoms with E-state index in [1.54, 1.807) is 47.4 Å². The first kappa shape index (κ1) is 16.2. The number of hydrogen-bond acceptors (Lipinski definition) is 4. The molecule has 2 aliphatic heterocycles. The standard InChI is InChI=1S/C20H15N5O3/c26-17(22-16-9-10-21-23-16)11-24-18-12-5-1-2-6-13(12)20(28)25(18)15-8-4-3-7-14(15)19(24)27/h1-10,18H,11H2,(H2,21,22,23,26). The lowest BCUT2D eigenvalue weighted by atomic mass is 10.0. The van der Waals surface area contributed by atoms with Gasteiger partial charge >= 0.3 is 0 Å². The first-order valence-corrected chi connectivity index (χ1v) is 8.77. The summed E-state index contributed by atoms with van der Waals surface area (Å²) in [5, 5.41) is 9.11. The van der Waals surface area contributed by atoms with Gasteiger partial charge in [-0.1, -0.05) is 30.3 Å². The number of anilines is 2. The number of aromatic amines is 1. The van der Waals surface area contributed by atoms with Gasteiger partial charge in [0.1, 0.15) is 18.5 Å². The monoisotopic (exact) mass is 373 g/mol. The number of H-pyrrole nitrogens is 1. The Morgan fingerprint density at radius 3 is 2.54 bits per heavy atom. The number of carbonyl (C=O) groups is 3. The molecule has 5 rings (SSSR count). The lowest BCUT2D eigenvalue weighted by Gasteiger charge is -2.40. The molecular weight excluding hydrogens is 358 g/mol. The summed E-state index contributed by atoms with van der Waals surface area (Å²) >= 11 is 0. The largest absolute Gasteiger partial charge is 0.310 e. The van der Waals surface area contributed by atoms with Crippen LogP contribution in [0.25, 0.3) is 0 Å². The van der Waals surface area contributed by atoms with Gasteiger partial charge in [-0.3, -0.25) is 24.4 Å². The molecule has 0 saturated carbocycles. The maximum absolute atomic E-state index is 13.2. The zero-order valence-corrected chi connectivity index (χ0v) is 14.6. The Morgan fingerprint density at radius 2 is 1.75 bits per heavy atom. The molecule has 1 atom stereocenters. The van der Waals surface area contributed by atoms with Gasteiger partial charge in [-0.05, 0) is 18.2 Å². The van der Waals surface area contributed by atoms with Gasteiger partial charge in [-0.25, -0.2) is 0 Å². The van der Waals surface area contributed by atoms with Crippen LogP contribution >= 0.6 is 0 Å². The normalized spacial score (nSPS) is 17.2. The third-order valence-electron chi connectivity index (χ3n) is 4.97. The molecule has 28 heavy (non-hydrogen) atoms. The van der Waals surface area contributed by atoms with Crippen molar-refractivity contribution >= 4 is 29.2 Å². The molecule has 0 fully saturated rings. The Morgan fingerprint density at radius 1 is 1.00 bits per heavy atom. The van der Waals surface area contributed by atoms with Crippen LogP contribution in [-0.2, 0) is 4.79 Å². The second kappa shape index (κ2) is 6.05. The van der Waals surface area contributed by atoms with E-state index in [1.165, 1.54) is 11.1 Å². The van der Waals surface area contributed by atoms with E-state index < -0.39 is 6.17 Å². The van der Waals surface area contributed by atoms with Crippen LogP contribution in [0, 0.1) is 0 Å². The molecule has 3 amide bonds. The second-order valence-corrected chi connectivity index (χ2v) is 6.60. The fourth-order valence-corrected chi connectivity index (χ4v) is 3.80. The minimum absolute atomic E-state index is 0.181. The third kappa shape index (κ3) is 2.31. The van der Waals surface area contributed by atoms with E-state index in [-0.39, 0.29) is 24.3 Å². The number of hydrogen-bond donors (Lipinski definition) is 2. The van der Waals surface area contributed by atoms with Crippen LogP contribution in [0.1, 0.15) is 32.4 Å². The van der Waals surface area contributed by atoms with Crippen molar-refractivity contribution in [3.05, 3.63) is 77.5 Å². The molecule has 3 heterocycles. The van der Waals surface area contributed by atoms with E-state index in [0.29, 0.717) is 28.2 Å². The second-order valence-electron chi connectivity index (χ2n) is 6.60. The minimum Gasteiger partial charge on any atom is -0.310 e. The Hall–Kier alpha value is -3.94. The highest BCUT2D eigenvalue weighted by molar-refractivity contribution is 6.17. The van der Waals surface area contributed by atoms with E-state index >= 15 is 0 Å². The van der Waals surface area contributed by atoms with Crippen LogP contribution in [0.4, 0.5) is 11.5 Å². The predicted octanol–water partition coefficient (Wildman–Crippen LogP) is 2.16. The molecule has 3 aromatic rings. The fraction of sp³-hybridized carbons (Fsp3) is 0.100. The van der Waals surface area contributed by atoms with Crippen LogP contribution in [-0.4, -0.2) is 39.4 Å². The van der Waals surface area contributed by atoms with Crippen LogP contribution in [0.2, 0.25) is 0 Å². The Labute approximate surface area is 159 Å².